The number of aliphatic carboxylic acids is 1. The fourth-order valence-corrected chi connectivity index (χ4v) is 1.38. The molecule has 0 saturated carbocycles. The first-order valence-electron chi connectivity index (χ1n) is 5.46. The third-order valence-corrected chi connectivity index (χ3v) is 2.62. The number of benzene rings is 1. The van der Waals surface area contributed by atoms with E-state index >= 15 is 0 Å². The van der Waals surface area contributed by atoms with Crippen LogP contribution in [0.3, 0.4) is 0 Å². The molecule has 1 N–H and O–H groups in total. The Kier molecular flexibility index (Phi) is 4.70. The van der Waals surface area contributed by atoms with E-state index in [4.69, 9.17) is 5.11 Å². The lowest BCUT2D eigenvalue weighted by atomic mass is 10.00. The number of carboxylic acids is 1. The van der Waals surface area contributed by atoms with Gasteiger partial charge in [-0.2, -0.15) is 0 Å². The van der Waals surface area contributed by atoms with Crippen molar-refractivity contribution in [2.45, 2.75) is 26.3 Å². The molecule has 16 heavy (non-hydrogen) atoms. The molecule has 0 radical (unpaired) electrons. The van der Waals surface area contributed by atoms with Gasteiger partial charge in [-0.25, -0.2) is 4.79 Å². The van der Waals surface area contributed by atoms with Crippen molar-refractivity contribution in [1.82, 2.24) is 0 Å². The molecule has 0 aromatic heterocycles. The smallest absolute Gasteiger partial charge is 0.328 e. The van der Waals surface area contributed by atoms with Gasteiger partial charge in [-0.1, -0.05) is 50.6 Å². The van der Waals surface area contributed by atoms with Gasteiger partial charge in [-0.3, -0.25) is 4.99 Å². The van der Waals surface area contributed by atoms with Crippen molar-refractivity contribution in [2.24, 2.45) is 10.9 Å². The van der Waals surface area contributed by atoms with Crippen LogP contribution in [-0.2, 0) is 4.79 Å². The van der Waals surface area contributed by atoms with Gasteiger partial charge in [0.2, 0.25) is 0 Å². The fraction of sp³-hybridized carbons (Fsp3) is 0.385. The molecule has 0 heterocycles. The number of carbonyl (C=O) groups is 1. The van der Waals surface area contributed by atoms with Crippen LogP contribution in [-0.4, -0.2) is 23.3 Å². The lowest BCUT2D eigenvalue weighted by Crippen LogP contribution is -2.25. The van der Waals surface area contributed by atoms with Crippen LogP contribution in [0.2, 0.25) is 0 Å². The van der Waals surface area contributed by atoms with E-state index in [1.807, 2.05) is 44.2 Å². The molecule has 1 rings (SSSR count). The summed E-state index contributed by atoms with van der Waals surface area (Å²) in [5, 5.41) is 9.04. The van der Waals surface area contributed by atoms with Crippen molar-refractivity contribution < 1.29 is 9.90 Å². The van der Waals surface area contributed by atoms with Crippen LogP contribution in [0.25, 0.3) is 0 Å². The molecule has 2 atom stereocenters. The Hall–Kier alpha value is -1.64. The number of carboxylic acid groups (broad SMARTS) is 1. The molecule has 0 bridgehead atoms. The van der Waals surface area contributed by atoms with Gasteiger partial charge in [-0.05, 0) is 11.5 Å². The maximum Gasteiger partial charge on any atom is 0.328 e. The minimum atomic E-state index is -0.860. The number of nitrogens with zero attached hydrogens (tertiary/aromatic N) is 1. The summed E-state index contributed by atoms with van der Waals surface area (Å²) in [5.74, 6) is -0.806. The Labute approximate surface area is 95.8 Å². The van der Waals surface area contributed by atoms with Gasteiger partial charge in [0, 0.05) is 6.21 Å². The molecule has 0 aliphatic carbocycles. The summed E-state index contributed by atoms with van der Waals surface area (Å²) in [5.41, 5.74) is 0.928. The van der Waals surface area contributed by atoms with E-state index in [0.717, 1.165) is 12.0 Å². The second kappa shape index (κ2) is 6.05. The van der Waals surface area contributed by atoms with Crippen LogP contribution in [0.1, 0.15) is 25.8 Å². The Morgan fingerprint density at radius 2 is 2.06 bits per heavy atom. The Morgan fingerprint density at radius 1 is 1.44 bits per heavy atom. The highest BCUT2D eigenvalue weighted by Crippen LogP contribution is 2.11. The van der Waals surface area contributed by atoms with E-state index in [1.54, 1.807) is 6.21 Å². The molecular formula is C13H17NO2. The molecule has 0 fully saturated rings. The summed E-state index contributed by atoms with van der Waals surface area (Å²) in [7, 11) is 0. The fourth-order valence-electron chi connectivity index (χ4n) is 1.38. The van der Waals surface area contributed by atoms with Crippen molar-refractivity contribution in [1.29, 1.82) is 0 Å². The van der Waals surface area contributed by atoms with Crippen LogP contribution in [0, 0.1) is 5.92 Å². The van der Waals surface area contributed by atoms with E-state index in [2.05, 4.69) is 4.99 Å². The lowest BCUT2D eigenvalue weighted by Gasteiger charge is -2.13. The van der Waals surface area contributed by atoms with Gasteiger partial charge < -0.3 is 5.11 Å². The molecule has 3 heteroatoms. The van der Waals surface area contributed by atoms with Crippen LogP contribution < -0.4 is 0 Å². The Bertz CT molecular complexity index is 359. The summed E-state index contributed by atoms with van der Waals surface area (Å²) >= 11 is 0. The molecule has 0 saturated heterocycles. The van der Waals surface area contributed by atoms with Gasteiger partial charge >= 0.3 is 5.97 Å². The van der Waals surface area contributed by atoms with Gasteiger partial charge in [0.05, 0.1) is 0 Å². The molecule has 0 aliphatic heterocycles. The van der Waals surface area contributed by atoms with Crippen LogP contribution in [0.4, 0.5) is 0 Å². The monoisotopic (exact) mass is 219 g/mol. The highest BCUT2D eigenvalue weighted by molar-refractivity contribution is 5.83. The van der Waals surface area contributed by atoms with Gasteiger partial charge in [0.25, 0.3) is 0 Å². The quantitative estimate of drug-likeness (QED) is 0.774. The topological polar surface area (TPSA) is 49.7 Å². The van der Waals surface area contributed by atoms with Crippen molar-refractivity contribution in [2.75, 3.05) is 0 Å². The zero-order chi connectivity index (χ0) is 12.0. The van der Waals surface area contributed by atoms with Gasteiger partial charge in [0.1, 0.15) is 6.04 Å². The van der Waals surface area contributed by atoms with Crippen LogP contribution in [0.15, 0.2) is 35.3 Å². The lowest BCUT2D eigenvalue weighted by molar-refractivity contribution is -0.139. The predicted molar refractivity (Wildman–Crippen MR) is 64.9 cm³/mol. The van der Waals surface area contributed by atoms with Crippen LogP contribution >= 0.6 is 0 Å². The summed E-state index contributed by atoms with van der Waals surface area (Å²) in [6, 6.07) is 8.88. The molecule has 3 nitrogen and oxygen atoms in total. The maximum atomic E-state index is 11.0. The average molecular weight is 219 g/mol. The van der Waals surface area contributed by atoms with E-state index in [9.17, 15) is 4.79 Å². The first kappa shape index (κ1) is 12.4. The number of hydrogen-bond donors (Lipinski definition) is 1. The molecule has 0 spiro atoms. The second-order valence-electron chi connectivity index (χ2n) is 3.86. The SMILES string of the molecule is CCC(C)[C@H](/N=C/c1ccccc1)C(=O)O. The van der Waals surface area contributed by atoms with Crippen molar-refractivity contribution in [3.05, 3.63) is 35.9 Å². The van der Waals surface area contributed by atoms with E-state index in [0.29, 0.717) is 0 Å². The molecule has 1 aromatic carbocycles. The van der Waals surface area contributed by atoms with E-state index in [1.165, 1.54) is 0 Å². The van der Waals surface area contributed by atoms with Gasteiger partial charge in [0.15, 0.2) is 0 Å². The molecule has 1 aromatic rings. The second-order valence-corrected chi connectivity index (χ2v) is 3.86. The number of hydrogen-bond acceptors (Lipinski definition) is 2. The number of rotatable bonds is 5. The highest BCUT2D eigenvalue weighted by atomic mass is 16.4. The summed E-state index contributed by atoms with van der Waals surface area (Å²) in [6.07, 6.45) is 2.44. The van der Waals surface area contributed by atoms with Crippen molar-refractivity contribution in [3.8, 4) is 0 Å². The first-order valence-corrected chi connectivity index (χ1v) is 5.46. The third-order valence-electron chi connectivity index (χ3n) is 2.62. The Morgan fingerprint density at radius 3 is 2.56 bits per heavy atom. The predicted octanol–water partition coefficient (Wildman–Crippen LogP) is 2.60. The molecular weight excluding hydrogens is 202 g/mol. The van der Waals surface area contributed by atoms with Crippen LogP contribution in [0.5, 0.6) is 0 Å². The normalized spacial score (nSPS) is 14.9. The van der Waals surface area contributed by atoms with E-state index < -0.39 is 12.0 Å². The average Bonchev–Trinajstić information content (AvgIpc) is 2.30. The van der Waals surface area contributed by atoms with Crippen molar-refractivity contribution >= 4 is 12.2 Å². The van der Waals surface area contributed by atoms with Crippen molar-refractivity contribution in [3.63, 3.8) is 0 Å². The largest absolute Gasteiger partial charge is 0.480 e. The maximum absolute atomic E-state index is 11.0. The molecule has 86 valence electrons. The first-order chi connectivity index (χ1) is 7.65. The molecule has 1 unspecified atom stereocenters. The third kappa shape index (κ3) is 3.50. The highest BCUT2D eigenvalue weighted by Gasteiger charge is 2.21. The zero-order valence-corrected chi connectivity index (χ0v) is 9.63. The molecule has 0 amide bonds. The molecule has 0 aliphatic rings. The summed E-state index contributed by atoms with van der Waals surface area (Å²) < 4.78 is 0. The van der Waals surface area contributed by atoms with E-state index in [-0.39, 0.29) is 5.92 Å². The zero-order valence-electron chi connectivity index (χ0n) is 9.63. The standard InChI is InChI=1S/C13H17NO2/c1-3-10(2)12(13(15)16)14-9-11-7-5-4-6-8-11/h4-10,12H,3H2,1-2H3,(H,15,16)/b14-9+/t10?,12-/m0/s1. The Balaban J connectivity index is 2.76. The summed E-state index contributed by atoms with van der Waals surface area (Å²) in [4.78, 5) is 15.1. The minimum Gasteiger partial charge on any atom is -0.480 e. The minimum absolute atomic E-state index is 0.0532. The number of aliphatic imine (C=N–C) groups is 1. The van der Waals surface area contributed by atoms with Gasteiger partial charge in [-0.15, -0.1) is 0 Å². The summed E-state index contributed by atoms with van der Waals surface area (Å²) in [6.45, 7) is 3.87.